The predicted molar refractivity (Wildman–Crippen MR) is 96.8 cm³/mol. The Morgan fingerprint density at radius 3 is 2.92 bits per heavy atom. The molecule has 26 heavy (non-hydrogen) atoms. The summed E-state index contributed by atoms with van der Waals surface area (Å²) in [6.45, 7) is 3.16. The molecule has 1 unspecified atom stereocenters. The van der Waals surface area contributed by atoms with Crippen molar-refractivity contribution in [1.82, 2.24) is 19.7 Å². The normalized spacial score (nSPS) is 16.8. The highest BCUT2D eigenvalue weighted by molar-refractivity contribution is 6.30. The number of aromatic nitrogens is 3. The zero-order valence-corrected chi connectivity index (χ0v) is 15.4. The highest BCUT2D eigenvalue weighted by Crippen LogP contribution is 2.16. The number of hydrogen-bond acceptors (Lipinski definition) is 3. The lowest BCUT2D eigenvalue weighted by Gasteiger charge is -2.16. The molecule has 1 N–H and O–H groups in total. The van der Waals surface area contributed by atoms with Gasteiger partial charge in [0.25, 0.3) is 0 Å². The van der Waals surface area contributed by atoms with Crippen LogP contribution in [0.5, 0.6) is 0 Å². The van der Waals surface area contributed by atoms with Gasteiger partial charge in [-0.25, -0.2) is 13.9 Å². The first-order valence-electron chi connectivity index (χ1n) is 8.87. The average molecular weight is 381 g/mol. The second kappa shape index (κ2) is 8.03. The molecule has 1 amide bonds. The van der Waals surface area contributed by atoms with Crippen molar-refractivity contribution in [2.24, 2.45) is 0 Å². The van der Waals surface area contributed by atoms with Crippen LogP contribution in [0.15, 0.2) is 23.0 Å². The van der Waals surface area contributed by atoms with E-state index in [4.69, 9.17) is 11.6 Å². The highest BCUT2D eigenvalue weighted by atomic mass is 35.5. The van der Waals surface area contributed by atoms with Crippen LogP contribution in [-0.4, -0.2) is 26.3 Å². The first kappa shape index (κ1) is 18.6. The van der Waals surface area contributed by atoms with Gasteiger partial charge in [-0.1, -0.05) is 18.5 Å². The van der Waals surface area contributed by atoms with Gasteiger partial charge in [-0.15, -0.1) is 0 Å². The fourth-order valence-corrected chi connectivity index (χ4v) is 3.55. The van der Waals surface area contributed by atoms with Crippen molar-refractivity contribution in [1.29, 1.82) is 0 Å². The Kier molecular flexibility index (Phi) is 5.76. The Bertz CT molecular complexity index is 841. The van der Waals surface area contributed by atoms with Crippen LogP contribution in [-0.2, 0) is 30.7 Å². The maximum Gasteiger partial charge on any atom is 0.345 e. The third-order valence-electron chi connectivity index (χ3n) is 4.50. The molecule has 3 rings (SSSR count). The zero-order chi connectivity index (χ0) is 18.7. The summed E-state index contributed by atoms with van der Waals surface area (Å²) in [5.74, 6) is 0.139. The van der Waals surface area contributed by atoms with Gasteiger partial charge in [-0.05, 0) is 43.0 Å². The van der Waals surface area contributed by atoms with Crippen molar-refractivity contribution >= 4 is 17.5 Å². The van der Waals surface area contributed by atoms with Crippen molar-refractivity contribution in [2.45, 2.75) is 58.2 Å². The summed E-state index contributed by atoms with van der Waals surface area (Å²) in [5, 5.41) is 7.65. The smallest absolute Gasteiger partial charge is 0.345 e. The van der Waals surface area contributed by atoms with E-state index >= 15 is 0 Å². The molecular formula is C18H22ClFN4O2. The number of benzene rings is 1. The van der Waals surface area contributed by atoms with E-state index in [1.54, 1.807) is 10.6 Å². The molecule has 1 aromatic carbocycles. The van der Waals surface area contributed by atoms with Crippen molar-refractivity contribution in [3.63, 3.8) is 0 Å². The largest absolute Gasteiger partial charge is 0.353 e. The van der Waals surface area contributed by atoms with Crippen LogP contribution in [0.3, 0.4) is 0 Å². The van der Waals surface area contributed by atoms with Crippen LogP contribution in [0.1, 0.15) is 37.6 Å². The molecule has 1 aliphatic rings. The topological polar surface area (TPSA) is 68.9 Å². The van der Waals surface area contributed by atoms with E-state index in [9.17, 15) is 14.0 Å². The molecule has 0 saturated heterocycles. The summed E-state index contributed by atoms with van der Waals surface area (Å²) >= 11 is 5.82. The van der Waals surface area contributed by atoms with Gasteiger partial charge in [0, 0.05) is 30.6 Å². The number of nitrogens with zero attached hydrogens (tertiary/aromatic N) is 3. The van der Waals surface area contributed by atoms with Crippen molar-refractivity contribution in [3.8, 4) is 0 Å². The molecule has 6 nitrogen and oxygen atoms in total. The van der Waals surface area contributed by atoms with Crippen LogP contribution in [0.4, 0.5) is 4.39 Å². The number of aryl methyl sites for hydroxylation is 2. The number of rotatable bonds is 5. The predicted octanol–water partition coefficient (Wildman–Crippen LogP) is 2.31. The molecule has 1 aromatic heterocycles. The Hall–Kier alpha value is -2.15. The lowest BCUT2D eigenvalue weighted by molar-refractivity contribution is -0.121. The molecule has 0 saturated carbocycles. The van der Waals surface area contributed by atoms with Gasteiger partial charge in [-0.2, -0.15) is 5.10 Å². The second-order valence-corrected chi connectivity index (χ2v) is 7.06. The Morgan fingerprint density at radius 1 is 1.38 bits per heavy atom. The maximum absolute atomic E-state index is 13.4. The summed E-state index contributed by atoms with van der Waals surface area (Å²) in [4.78, 5) is 24.6. The van der Waals surface area contributed by atoms with Gasteiger partial charge < -0.3 is 5.32 Å². The van der Waals surface area contributed by atoms with Gasteiger partial charge in [0.05, 0.1) is 6.42 Å². The van der Waals surface area contributed by atoms with E-state index in [1.165, 1.54) is 16.8 Å². The Morgan fingerprint density at radius 2 is 2.19 bits per heavy atom. The van der Waals surface area contributed by atoms with E-state index in [1.807, 2.05) is 6.92 Å². The van der Waals surface area contributed by atoms with Gasteiger partial charge in [-0.3, -0.25) is 9.36 Å². The molecule has 0 aliphatic carbocycles. The summed E-state index contributed by atoms with van der Waals surface area (Å²) in [7, 11) is 0. The van der Waals surface area contributed by atoms with E-state index in [0.717, 1.165) is 18.7 Å². The van der Waals surface area contributed by atoms with E-state index in [-0.39, 0.29) is 29.1 Å². The summed E-state index contributed by atoms with van der Waals surface area (Å²) in [6, 6.07) is 4.07. The summed E-state index contributed by atoms with van der Waals surface area (Å²) < 4.78 is 16.6. The first-order valence-corrected chi connectivity index (χ1v) is 9.25. The van der Waals surface area contributed by atoms with Crippen molar-refractivity contribution in [2.75, 3.05) is 0 Å². The monoisotopic (exact) mass is 380 g/mol. The molecule has 0 spiro atoms. The first-order chi connectivity index (χ1) is 12.5. The lowest BCUT2D eigenvalue weighted by atomic mass is 10.1. The van der Waals surface area contributed by atoms with E-state index in [2.05, 4.69) is 10.4 Å². The SMILES string of the molecule is CCCn1nc2n(c1=O)CCC(NC(=O)Cc1cc(F)cc(Cl)c1)CC2. The molecular weight excluding hydrogens is 359 g/mol. The second-order valence-electron chi connectivity index (χ2n) is 6.62. The minimum atomic E-state index is -0.455. The van der Waals surface area contributed by atoms with Gasteiger partial charge in [0.15, 0.2) is 0 Å². The van der Waals surface area contributed by atoms with Crippen molar-refractivity contribution in [3.05, 3.63) is 50.9 Å². The quantitative estimate of drug-likeness (QED) is 0.865. The number of halogens is 2. The third kappa shape index (κ3) is 4.33. The van der Waals surface area contributed by atoms with Crippen LogP contribution in [0.2, 0.25) is 5.02 Å². The third-order valence-corrected chi connectivity index (χ3v) is 4.72. The van der Waals surface area contributed by atoms with Gasteiger partial charge in [0.2, 0.25) is 5.91 Å². The average Bonchev–Trinajstić information content (AvgIpc) is 2.73. The molecule has 0 fully saturated rings. The van der Waals surface area contributed by atoms with Crippen LogP contribution in [0, 0.1) is 5.82 Å². The number of fused-ring (bicyclic) bond motifs is 1. The zero-order valence-electron chi connectivity index (χ0n) is 14.7. The van der Waals surface area contributed by atoms with E-state index < -0.39 is 5.82 Å². The Labute approximate surface area is 156 Å². The maximum atomic E-state index is 13.4. The highest BCUT2D eigenvalue weighted by Gasteiger charge is 2.22. The number of hydrogen-bond donors (Lipinski definition) is 1. The van der Waals surface area contributed by atoms with Gasteiger partial charge in [0.1, 0.15) is 11.6 Å². The van der Waals surface area contributed by atoms with E-state index in [0.29, 0.717) is 31.5 Å². The van der Waals surface area contributed by atoms with Crippen LogP contribution in [0.25, 0.3) is 0 Å². The Balaban J connectivity index is 1.60. The fraction of sp³-hybridized carbons (Fsp3) is 0.500. The molecule has 0 bridgehead atoms. The number of amides is 1. The fourth-order valence-electron chi connectivity index (χ4n) is 3.31. The molecule has 1 aliphatic heterocycles. The molecule has 0 radical (unpaired) electrons. The molecule has 1 atom stereocenters. The minimum Gasteiger partial charge on any atom is -0.353 e. The molecule has 2 aromatic rings. The summed E-state index contributed by atoms with van der Waals surface area (Å²) in [5.41, 5.74) is 0.458. The molecule has 2 heterocycles. The lowest BCUT2D eigenvalue weighted by Crippen LogP contribution is -2.36. The standard InChI is InChI=1S/C18H22ClFN4O2/c1-2-6-24-18(26)23-7-5-15(3-4-16(23)22-24)21-17(25)10-12-8-13(19)11-14(20)9-12/h8-9,11,15H,2-7,10H2,1H3,(H,21,25). The minimum absolute atomic E-state index is 0.0349. The number of carbonyl (C=O) groups excluding carboxylic acids is 1. The molecule has 8 heteroatoms. The summed E-state index contributed by atoms with van der Waals surface area (Å²) in [6.07, 6.45) is 2.96. The van der Waals surface area contributed by atoms with Crippen molar-refractivity contribution < 1.29 is 9.18 Å². The van der Waals surface area contributed by atoms with Gasteiger partial charge >= 0.3 is 5.69 Å². The number of carbonyl (C=O) groups is 1. The molecule has 140 valence electrons. The van der Waals surface area contributed by atoms with Crippen LogP contribution >= 0.6 is 11.6 Å². The van der Waals surface area contributed by atoms with Crippen LogP contribution < -0.4 is 11.0 Å². The number of nitrogens with one attached hydrogen (secondary N) is 1.